The molecule has 0 saturated heterocycles. The highest BCUT2D eigenvalue weighted by molar-refractivity contribution is 7.22. The van der Waals surface area contributed by atoms with Gasteiger partial charge in [0.25, 0.3) is 0 Å². The van der Waals surface area contributed by atoms with E-state index >= 15 is 0 Å². The number of hydrogen-bond donors (Lipinski definition) is 1. The van der Waals surface area contributed by atoms with Crippen molar-refractivity contribution in [2.75, 3.05) is 32.7 Å². The first-order chi connectivity index (χ1) is 8.72. The number of benzene rings is 1. The molecule has 4 nitrogen and oxygen atoms in total. The Morgan fingerprint density at radius 3 is 2.94 bits per heavy atom. The molecule has 0 fully saturated rings. The molecule has 2 rings (SSSR count). The number of aryl methyl sites for hydroxylation is 1. The molecule has 0 aliphatic heterocycles. The van der Waals surface area contributed by atoms with Gasteiger partial charge in [-0.05, 0) is 24.6 Å². The second-order valence-electron chi connectivity index (χ2n) is 4.18. The number of methoxy groups -OCH3 is 2. The first kappa shape index (κ1) is 13.3. The summed E-state index contributed by atoms with van der Waals surface area (Å²) in [6.07, 6.45) is 0.0451. The smallest absolute Gasteiger partial charge is 0.183 e. The first-order valence-corrected chi connectivity index (χ1v) is 6.67. The Hall–Kier alpha value is -1.17. The molecule has 0 bridgehead atoms. The SMILES string of the molecule is COCC(CNc1nc2ccc(C)cc2s1)OC. The van der Waals surface area contributed by atoms with Crippen LogP contribution < -0.4 is 5.32 Å². The highest BCUT2D eigenvalue weighted by Gasteiger charge is 2.08. The number of fused-ring (bicyclic) bond motifs is 1. The highest BCUT2D eigenvalue weighted by atomic mass is 32.1. The van der Waals surface area contributed by atoms with Crippen molar-refractivity contribution in [2.24, 2.45) is 0 Å². The predicted octanol–water partition coefficient (Wildman–Crippen LogP) is 2.68. The van der Waals surface area contributed by atoms with Gasteiger partial charge >= 0.3 is 0 Å². The van der Waals surface area contributed by atoms with Gasteiger partial charge in [0.1, 0.15) is 0 Å². The molecule has 0 aliphatic carbocycles. The van der Waals surface area contributed by atoms with Gasteiger partial charge in [-0.1, -0.05) is 17.4 Å². The van der Waals surface area contributed by atoms with Crippen LogP contribution in [0.2, 0.25) is 0 Å². The largest absolute Gasteiger partial charge is 0.382 e. The van der Waals surface area contributed by atoms with Crippen LogP contribution in [0.1, 0.15) is 5.56 Å². The quantitative estimate of drug-likeness (QED) is 0.873. The van der Waals surface area contributed by atoms with Gasteiger partial charge in [0, 0.05) is 20.8 Å². The van der Waals surface area contributed by atoms with E-state index in [9.17, 15) is 0 Å². The van der Waals surface area contributed by atoms with Crippen molar-refractivity contribution in [3.8, 4) is 0 Å². The molecule has 5 heteroatoms. The average molecular weight is 266 g/mol. The van der Waals surface area contributed by atoms with E-state index < -0.39 is 0 Å². The van der Waals surface area contributed by atoms with Crippen LogP contribution in [-0.2, 0) is 9.47 Å². The topological polar surface area (TPSA) is 43.4 Å². The summed E-state index contributed by atoms with van der Waals surface area (Å²) in [6, 6.07) is 6.28. The van der Waals surface area contributed by atoms with Crippen LogP contribution in [0, 0.1) is 6.92 Å². The lowest BCUT2D eigenvalue weighted by Crippen LogP contribution is -2.26. The van der Waals surface area contributed by atoms with E-state index in [-0.39, 0.29) is 6.10 Å². The van der Waals surface area contributed by atoms with E-state index in [1.165, 1.54) is 10.3 Å². The van der Waals surface area contributed by atoms with Crippen LogP contribution in [0.4, 0.5) is 5.13 Å². The number of aromatic nitrogens is 1. The summed E-state index contributed by atoms with van der Waals surface area (Å²) < 4.78 is 11.6. The molecule has 1 aromatic carbocycles. The third-order valence-electron chi connectivity index (χ3n) is 2.71. The van der Waals surface area contributed by atoms with E-state index in [1.54, 1.807) is 25.6 Å². The number of nitrogens with zero attached hydrogens (tertiary/aromatic N) is 1. The molecule has 2 aromatic rings. The summed E-state index contributed by atoms with van der Waals surface area (Å²) in [6.45, 7) is 3.36. The van der Waals surface area contributed by atoms with Crippen molar-refractivity contribution >= 4 is 26.7 Å². The van der Waals surface area contributed by atoms with Gasteiger partial charge in [-0.3, -0.25) is 0 Å². The normalized spacial score (nSPS) is 12.8. The molecule has 98 valence electrons. The molecule has 1 atom stereocenters. The summed E-state index contributed by atoms with van der Waals surface area (Å²) in [5.74, 6) is 0. The maximum atomic E-state index is 5.29. The molecule has 1 heterocycles. The maximum Gasteiger partial charge on any atom is 0.183 e. The van der Waals surface area contributed by atoms with Crippen LogP contribution in [0.15, 0.2) is 18.2 Å². The fourth-order valence-corrected chi connectivity index (χ4v) is 2.68. The summed E-state index contributed by atoms with van der Waals surface area (Å²) in [7, 11) is 3.36. The maximum absolute atomic E-state index is 5.29. The van der Waals surface area contributed by atoms with E-state index in [0.717, 1.165) is 10.6 Å². The number of thiazole rings is 1. The van der Waals surface area contributed by atoms with Gasteiger partial charge in [0.15, 0.2) is 5.13 Å². The summed E-state index contributed by atoms with van der Waals surface area (Å²) in [5.41, 5.74) is 2.29. The Labute approximate surface area is 111 Å². The van der Waals surface area contributed by atoms with Gasteiger partial charge in [-0.25, -0.2) is 4.98 Å². The van der Waals surface area contributed by atoms with Crippen molar-refractivity contribution in [1.29, 1.82) is 0 Å². The first-order valence-electron chi connectivity index (χ1n) is 5.85. The minimum absolute atomic E-state index is 0.0451. The zero-order chi connectivity index (χ0) is 13.0. The monoisotopic (exact) mass is 266 g/mol. The van der Waals surface area contributed by atoms with Gasteiger partial charge in [0.2, 0.25) is 0 Å². The molecule has 1 aromatic heterocycles. The van der Waals surface area contributed by atoms with Crippen LogP contribution in [-0.4, -0.2) is 38.5 Å². The molecular formula is C13H18N2O2S. The van der Waals surface area contributed by atoms with E-state index in [0.29, 0.717) is 13.2 Å². The second kappa shape index (κ2) is 6.13. The highest BCUT2D eigenvalue weighted by Crippen LogP contribution is 2.26. The van der Waals surface area contributed by atoms with Gasteiger partial charge in [0.05, 0.1) is 22.9 Å². The number of nitrogens with one attached hydrogen (secondary N) is 1. The number of rotatable bonds is 6. The molecule has 1 unspecified atom stereocenters. The summed E-state index contributed by atoms with van der Waals surface area (Å²) in [4.78, 5) is 4.53. The minimum atomic E-state index is 0.0451. The lowest BCUT2D eigenvalue weighted by Gasteiger charge is -2.14. The molecule has 0 radical (unpaired) electrons. The second-order valence-corrected chi connectivity index (χ2v) is 5.21. The van der Waals surface area contributed by atoms with Crippen molar-refractivity contribution in [1.82, 2.24) is 4.98 Å². The number of ether oxygens (including phenoxy) is 2. The lowest BCUT2D eigenvalue weighted by atomic mass is 10.2. The Morgan fingerprint density at radius 2 is 2.22 bits per heavy atom. The fraction of sp³-hybridized carbons (Fsp3) is 0.462. The Bertz CT molecular complexity index is 513. The molecule has 1 N–H and O–H groups in total. The third kappa shape index (κ3) is 3.19. The van der Waals surface area contributed by atoms with Crippen LogP contribution in [0.3, 0.4) is 0 Å². The predicted molar refractivity (Wildman–Crippen MR) is 75.5 cm³/mol. The number of anilines is 1. The minimum Gasteiger partial charge on any atom is -0.382 e. The van der Waals surface area contributed by atoms with Gasteiger partial charge < -0.3 is 14.8 Å². The van der Waals surface area contributed by atoms with Crippen LogP contribution in [0.5, 0.6) is 0 Å². The molecule has 0 amide bonds. The Morgan fingerprint density at radius 1 is 1.39 bits per heavy atom. The molecule has 18 heavy (non-hydrogen) atoms. The molecule has 0 saturated carbocycles. The van der Waals surface area contributed by atoms with Crippen molar-refractivity contribution < 1.29 is 9.47 Å². The molecule has 0 spiro atoms. The molecule has 0 aliphatic rings. The standard InChI is InChI=1S/C13H18N2O2S/c1-9-4-5-11-12(6-9)18-13(15-11)14-7-10(17-3)8-16-2/h4-6,10H,7-8H2,1-3H3,(H,14,15). The molecular weight excluding hydrogens is 248 g/mol. The van der Waals surface area contributed by atoms with E-state index in [4.69, 9.17) is 9.47 Å². The van der Waals surface area contributed by atoms with E-state index in [1.807, 2.05) is 0 Å². The van der Waals surface area contributed by atoms with Crippen LogP contribution in [0.25, 0.3) is 10.2 Å². The lowest BCUT2D eigenvalue weighted by molar-refractivity contribution is 0.0365. The Kier molecular flexibility index (Phi) is 4.52. The van der Waals surface area contributed by atoms with Crippen LogP contribution >= 0.6 is 11.3 Å². The third-order valence-corrected chi connectivity index (χ3v) is 3.69. The zero-order valence-electron chi connectivity index (χ0n) is 10.9. The average Bonchev–Trinajstić information content (AvgIpc) is 2.76. The van der Waals surface area contributed by atoms with Gasteiger partial charge in [-0.15, -0.1) is 0 Å². The summed E-state index contributed by atoms with van der Waals surface area (Å²) >= 11 is 1.66. The van der Waals surface area contributed by atoms with Gasteiger partial charge in [-0.2, -0.15) is 0 Å². The Balaban J connectivity index is 2.03. The van der Waals surface area contributed by atoms with Crippen molar-refractivity contribution in [3.63, 3.8) is 0 Å². The number of hydrogen-bond acceptors (Lipinski definition) is 5. The van der Waals surface area contributed by atoms with Crippen molar-refractivity contribution in [2.45, 2.75) is 13.0 Å². The fourth-order valence-electron chi connectivity index (χ4n) is 1.70. The van der Waals surface area contributed by atoms with E-state index in [2.05, 4.69) is 35.4 Å². The van der Waals surface area contributed by atoms with Crippen molar-refractivity contribution in [3.05, 3.63) is 23.8 Å². The summed E-state index contributed by atoms with van der Waals surface area (Å²) in [5, 5.41) is 4.22. The zero-order valence-corrected chi connectivity index (χ0v) is 11.7.